The number of hydrogen-bond acceptors (Lipinski definition) is 5. The van der Waals surface area contributed by atoms with Crippen LogP contribution >= 0.6 is 11.8 Å². The molecule has 0 bridgehead atoms. The summed E-state index contributed by atoms with van der Waals surface area (Å²) in [5.41, 5.74) is 1.56. The normalized spacial score (nSPS) is 13.2. The summed E-state index contributed by atoms with van der Waals surface area (Å²) in [6.07, 6.45) is 0. The van der Waals surface area contributed by atoms with Gasteiger partial charge < -0.3 is 10.1 Å². The molecule has 0 saturated carbocycles. The smallest absolute Gasteiger partial charge is 0.262 e. The molecule has 2 atom stereocenters. The number of nitrogens with zero attached hydrogens (tertiary/aromatic N) is 2. The molecule has 0 saturated heterocycles. The minimum atomic E-state index is -0.209. The van der Waals surface area contributed by atoms with Crippen LogP contribution in [0.3, 0.4) is 0 Å². The highest BCUT2D eigenvalue weighted by Gasteiger charge is 2.18. The second kappa shape index (κ2) is 10.2. The summed E-state index contributed by atoms with van der Waals surface area (Å²) in [6, 6.07) is 21.1. The van der Waals surface area contributed by atoms with Gasteiger partial charge in [0, 0.05) is 7.11 Å². The number of carbonyl (C=O) groups excluding carboxylic acids is 1. The van der Waals surface area contributed by atoms with Gasteiger partial charge in [0.2, 0.25) is 5.91 Å². The van der Waals surface area contributed by atoms with Gasteiger partial charge in [-0.2, -0.15) is 0 Å². The molecular weight excluding hydrogens is 434 g/mol. The Bertz CT molecular complexity index is 1350. The number of thioether (sulfide) groups is 1. The summed E-state index contributed by atoms with van der Waals surface area (Å²) in [6.45, 7) is 4.26. The van der Waals surface area contributed by atoms with Gasteiger partial charge in [0.25, 0.3) is 5.56 Å². The zero-order valence-electron chi connectivity index (χ0n) is 18.9. The van der Waals surface area contributed by atoms with Crippen LogP contribution < -0.4 is 10.9 Å². The van der Waals surface area contributed by atoms with E-state index in [1.165, 1.54) is 11.8 Å². The fourth-order valence-corrected chi connectivity index (χ4v) is 4.96. The minimum Gasteiger partial charge on any atom is -0.383 e. The number of nitrogens with one attached hydrogen (secondary N) is 1. The first-order chi connectivity index (χ1) is 16.0. The number of fused-ring (bicyclic) bond motifs is 2. The van der Waals surface area contributed by atoms with E-state index in [1.54, 1.807) is 17.7 Å². The van der Waals surface area contributed by atoms with Crippen molar-refractivity contribution >= 4 is 39.3 Å². The van der Waals surface area contributed by atoms with Crippen molar-refractivity contribution in [3.8, 4) is 0 Å². The van der Waals surface area contributed by atoms with Crippen LogP contribution in [0.2, 0.25) is 0 Å². The highest BCUT2D eigenvalue weighted by Crippen LogP contribution is 2.25. The molecule has 0 unspecified atom stereocenters. The molecular formula is C26H27N3O3S. The van der Waals surface area contributed by atoms with E-state index < -0.39 is 0 Å². The Balaban J connectivity index is 1.54. The third-order valence-electron chi connectivity index (χ3n) is 5.62. The Kier molecular flexibility index (Phi) is 7.11. The van der Waals surface area contributed by atoms with Crippen molar-refractivity contribution in [1.82, 2.24) is 14.9 Å². The number of para-hydroxylation sites is 1. The number of rotatable bonds is 8. The molecule has 0 aliphatic heterocycles. The van der Waals surface area contributed by atoms with Crippen LogP contribution in [-0.2, 0) is 9.53 Å². The number of benzene rings is 3. The quantitative estimate of drug-likeness (QED) is 0.303. The Morgan fingerprint density at radius 1 is 1.03 bits per heavy atom. The van der Waals surface area contributed by atoms with Gasteiger partial charge in [0.05, 0.1) is 35.3 Å². The van der Waals surface area contributed by atoms with E-state index in [2.05, 4.69) is 28.5 Å². The number of aromatic nitrogens is 2. The number of amides is 1. The number of methoxy groups -OCH3 is 1. The third kappa shape index (κ3) is 4.94. The van der Waals surface area contributed by atoms with Gasteiger partial charge in [-0.05, 0) is 42.3 Å². The monoisotopic (exact) mass is 461 g/mol. The van der Waals surface area contributed by atoms with Crippen LogP contribution in [0.1, 0.15) is 31.5 Å². The molecule has 7 heteroatoms. The molecule has 4 rings (SSSR count). The van der Waals surface area contributed by atoms with Gasteiger partial charge in [-0.25, -0.2) is 4.98 Å². The predicted octanol–water partition coefficient (Wildman–Crippen LogP) is 4.73. The average Bonchev–Trinajstić information content (AvgIpc) is 2.82. The fraction of sp³-hybridized carbons (Fsp3) is 0.269. The number of hydrogen-bond donors (Lipinski definition) is 1. The summed E-state index contributed by atoms with van der Waals surface area (Å²) in [5, 5.41) is 6.41. The van der Waals surface area contributed by atoms with Crippen LogP contribution in [0, 0.1) is 0 Å². The van der Waals surface area contributed by atoms with Gasteiger partial charge >= 0.3 is 0 Å². The molecule has 33 heavy (non-hydrogen) atoms. The molecule has 0 spiro atoms. The first kappa shape index (κ1) is 23.0. The first-order valence-electron chi connectivity index (χ1n) is 10.9. The van der Waals surface area contributed by atoms with E-state index in [4.69, 9.17) is 4.74 Å². The van der Waals surface area contributed by atoms with Gasteiger partial charge in [-0.1, -0.05) is 66.4 Å². The lowest BCUT2D eigenvalue weighted by Crippen LogP contribution is -2.30. The largest absolute Gasteiger partial charge is 0.383 e. The lowest BCUT2D eigenvalue weighted by atomic mass is 10.00. The summed E-state index contributed by atoms with van der Waals surface area (Å²) in [7, 11) is 1.60. The molecule has 0 radical (unpaired) electrons. The van der Waals surface area contributed by atoms with Crippen molar-refractivity contribution in [2.45, 2.75) is 31.1 Å². The van der Waals surface area contributed by atoms with Gasteiger partial charge in [0.15, 0.2) is 5.16 Å². The minimum absolute atomic E-state index is 0.117. The first-order valence-corrected chi connectivity index (χ1v) is 11.9. The molecule has 1 heterocycles. The van der Waals surface area contributed by atoms with E-state index in [9.17, 15) is 9.59 Å². The maximum Gasteiger partial charge on any atom is 0.262 e. The van der Waals surface area contributed by atoms with E-state index in [1.807, 2.05) is 56.3 Å². The number of carbonyl (C=O) groups is 1. The van der Waals surface area contributed by atoms with Crippen LogP contribution in [-0.4, -0.2) is 34.9 Å². The van der Waals surface area contributed by atoms with E-state index in [-0.39, 0.29) is 29.3 Å². The van der Waals surface area contributed by atoms with Crippen molar-refractivity contribution in [3.05, 3.63) is 82.6 Å². The molecule has 1 N–H and O–H groups in total. The van der Waals surface area contributed by atoms with E-state index in [0.29, 0.717) is 22.7 Å². The molecule has 0 aliphatic carbocycles. The fourth-order valence-electron chi connectivity index (χ4n) is 4.05. The van der Waals surface area contributed by atoms with Crippen molar-refractivity contribution in [3.63, 3.8) is 0 Å². The van der Waals surface area contributed by atoms with Crippen LogP contribution in [0.25, 0.3) is 21.7 Å². The summed E-state index contributed by atoms with van der Waals surface area (Å²) >= 11 is 1.26. The molecule has 1 aromatic heterocycles. The van der Waals surface area contributed by atoms with Crippen LogP contribution in [0.4, 0.5) is 0 Å². The molecule has 4 aromatic rings. The summed E-state index contributed by atoms with van der Waals surface area (Å²) < 4.78 is 6.89. The molecule has 0 fully saturated rings. The number of ether oxygens (including phenoxy) is 1. The predicted molar refractivity (Wildman–Crippen MR) is 134 cm³/mol. The Labute approximate surface area is 197 Å². The maximum atomic E-state index is 13.2. The maximum absolute atomic E-state index is 13.2. The van der Waals surface area contributed by atoms with E-state index in [0.717, 1.165) is 16.3 Å². The van der Waals surface area contributed by atoms with Crippen molar-refractivity contribution in [2.24, 2.45) is 0 Å². The SMILES string of the molecule is COC[C@H](C)n1c(SCC(=O)N[C@@H](C)c2cccc3ccccc23)nc2ccccc2c1=O. The zero-order chi connectivity index (χ0) is 23.4. The summed E-state index contributed by atoms with van der Waals surface area (Å²) in [4.78, 5) is 30.7. The Morgan fingerprint density at radius 2 is 1.73 bits per heavy atom. The molecule has 170 valence electrons. The Morgan fingerprint density at radius 3 is 2.52 bits per heavy atom. The molecule has 1 amide bonds. The molecule has 0 aliphatic rings. The molecule has 6 nitrogen and oxygen atoms in total. The standard InChI is InChI=1S/C26H27N3O3S/c1-17(15-32-3)29-25(31)22-12-6-7-14-23(22)28-26(29)33-16-24(30)27-18(2)20-13-8-10-19-9-4-5-11-21(19)20/h4-14,17-18H,15-16H2,1-3H3,(H,27,30)/t17-,18-/m0/s1. The van der Waals surface area contributed by atoms with Gasteiger partial charge in [0.1, 0.15) is 0 Å². The third-order valence-corrected chi connectivity index (χ3v) is 6.58. The zero-order valence-corrected chi connectivity index (χ0v) is 19.8. The van der Waals surface area contributed by atoms with Gasteiger partial charge in [-0.15, -0.1) is 0 Å². The average molecular weight is 462 g/mol. The van der Waals surface area contributed by atoms with Crippen molar-refractivity contribution in [1.29, 1.82) is 0 Å². The second-order valence-corrected chi connectivity index (χ2v) is 8.98. The topological polar surface area (TPSA) is 73.2 Å². The second-order valence-electron chi connectivity index (χ2n) is 8.04. The molecule has 3 aromatic carbocycles. The summed E-state index contributed by atoms with van der Waals surface area (Å²) in [5.74, 6) is 0.0355. The van der Waals surface area contributed by atoms with Crippen LogP contribution in [0.15, 0.2) is 76.7 Å². The van der Waals surface area contributed by atoms with Crippen LogP contribution in [0.5, 0.6) is 0 Å². The Hall–Kier alpha value is -3.16. The van der Waals surface area contributed by atoms with Crippen molar-refractivity contribution in [2.75, 3.05) is 19.5 Å². The lowest BCUT2D eigenvalue weighted by molar-refractivity contribution is -0.119. The highest BCUT2D eigenvalue weighted by atomic mass is 32.2. The van der Waals surface area contributed by atoms with E-state index >= 15 is 0 Å². The lowest BCUT2D eigenvalue weighted by Gasteiger charge is -2.19. The highest BCUT2D eigenvalue weighted by molar-refractivity contribution is 7.99. The van der Waals surface area contributed by atoms with Crippen molar-refractivity contribution < 1.29 is 9.53 Å². The van der Waals surface area contributed by atoms with Gasteiger partial charge in [-0.3, -0.25) is 14.2 Å².